The molecule has 0 spiro atoms. The Hall–Kier alpha value is -1.49. The molecule has 5 heteroatoms. The third-order valence-electron chi connectivity index (χ3n) is 1.96. The van der Waals surface area contributed by atoms with Gasteiger partial charge in [-0.15, -0.1) is 11.8 Å². The smallest absolute Gasteiger partial charge is 0.312 e. The second-order valence-electron chi connectivity index (χ2n) is 3.20. The lowest BCUT2D eigenvalue weighted by molar-refractivity contribution is -0.140. The monoisotopic (exact) mass is 239 g/mol. The van der Waals surface area contributed by atoms with E-state index < -0.39 is 18.3 Å². The number of carbonyl (C=O) groups excluding carboxylic acids is 1. The number of carboxylic acid groups (broad SMARTS) is 1. The number of nitrogens with one attached hydrogen (secondary N) is 1. The minimum Gasteiger partial charge on any atom is -0.481 e. The standard InChI is InChI=1S/C11H13NO3S/c1-16-9-4-2-8(3-5-9)7-12-10(13)6-11(14)15/h2-5H,6-7H2,1H3,(H,12,13)(H,14,15). The molecule has 0 atom stereocenters. The lowest BCUT2D eigenvalue weighted by Crippen LogP contribution is -2.24. The first kappa shape index (κ1) is 12.6. The molecule has 0 saturated carbocycles. The fraction of sp³-hybridized carbons (Fsp3) is 0.273. The molecule has 2 N–H and O–H groups in total. The first-order valence-corrected chi connectivity index (χ1v) is 5.95. The predicted octanol–water partition coefficient (Wildman–Crippen LogP) is 1.50. The molecule has 86 valence electrons. The number of amides is 1. The molecule has 4 nitrogen and oxygen atoms in total. The highest BCUT2D eigenvalue weighted by atomic mass is 32.2. The summed E-state index contributed by atoms with van der Waals surface area (Å²) < 4.78 is 0. The Bertz CT molecular complexity index is 375. The van der Waals surface area contributed by atoms with Crippen LogP contribution in [0.15, 0.2) is 29.2 Å². The number of thioether (sulfide) groups is 1. The Balaban J connectivity index is 2.42. The summed E-state index contributed by atoms with van der Waals surface area (Å²) >= 11 is 1.65. The van der Waals surface area contributed by atoms with Crippen molar-refractivity contribution in [3.63, 3.8) is 0 Å². The van der Waals surface area contributed by atoms with E-state index in [4.69, 9.17) is 5.11 Å². The zero-order valence-electron chi connectivity index (χ0n) is 8.90. The molecule has 0 aliphatic carbocycles. The fourth-order valence-corrected chi connectivity index (χ4v) is 1.55. The Kier molecular flexibility index (Phi) is 4.85. The van der Waals surface area contributed by atoms with Crippen LogP contribution in [0.5, 0.6) is 0 Å². The van der Waals surface area contributed by atoms with E-state index in [1.54, 1.807) is 11.8 Å². The first-order valence-electron chi connectivity index (χ1n) is 4.73. The summed E-state index contributed by atoms with van der Waals surface area (Å²) in [5, 5.41) is 10.9. The molecule has 16 heavy (non-hydrogen) atoms. The molecule has 0 saturated heterocycles. The molecule has 0 aliphatic heterocycles. The SMILES string of the molecule is CSc1ccc(CNC(=O)CC(=O)O)cc1. The van der Waals surface area contributed by atoms with E-state index in [1.165, 1.54) is 0 Å². The van der Waals surface area contributed by atoms with Crippen LogP contribution in [0, 0.1) is 0 Å². The van der Waals surface area contributed by atoms with E-state index in [-0.39, 0.29) is 0 Å². The quantitative estimate of drug-likeness (QED) is 0.603. The molecule has 1 amide bonds. The topological polar surface area (TPSA) is 66.4 Å². The molecule has 0 aromatic heterocycles. The van der Waals surface area contributed by atoms with Crippen molar-refractivity contribution in [3.8, 4) is 0 Å². The summed E-state index contributed by atoms with van der Waals surface area (Å²) in [6.07, 6.45) is 1.51. The number of carboxylic acids is 1. The lowest BCUT2D eigenvalue weighted by Gasteiger charge is -2.04. The van der Waals surface area contributed by atoms with Crippen molar-refractivity contribution >= 4 is 23.6 Å². The molecule has 1 aromatic carbocycles. The highest BCUT2D eigenvalue weighted by molar-refractivity contribution is 7.98. The summed E-state index contributed by atoms with van der Waals surface area (Å²) in [6, 6.07) is 7.74. The van der Waals surface area contributed by atoms with Crippen molar-refractivity contribution in [2.45, 2.75) is 17.9 Å². The van der Waals surface area contributed by atoms with Gasteiger partial charge in [0.05, 0.1) is 0 Å². The molecule has 0 radical (unpaired) electrons. The van der Waals surface area contributed by atoms with Crippen molar-refractivity contribution in [1.82, 2.24) is 5.32 Å². The van der Waals surface area contributed by atoms with Gasteiger partial charge >= 0.3 is 5.97 Å². The van der Waals surface area contributed by atoms with Gasteiger partial charge in [0.2, 0.25) is 5.91 Å². The minimum absolute atomic E-state index is 0.362. The Labute approximate surface area is 98.0 Å². The fourth-order valence-electron chi connectivity index (χ4n) is 1.14. The van der Waals surface area contributed by atoms with Gasteiger partial charge in [0.1, 0.15) is 6.42 Å². The van der Waals surface area contributed by atoms with Crippen LogP contribution in [0.3, 0.4) is 0 Å². The average Bonchev–Trinajstić information content (AvgIpc) is 2.26. The summed E-state index contributed by atoms with van der Waals surface area (Å²) in [4.78, 5) is 22.4. The lowest BCUT2D eigenvalue weighted by atomic mass is 10.2. The highest BCUT2D eigenvalue weighted by Crippen LogP contribution is 2.14. The van der Waals surface area contributed by atoms with Crippen LogP contribution in [-0.4, -0.2) is 23.2 Å². The van der Waals surface area contributed by atoms with E-state index >= 15 is 0 Å². The van der Waals surface area contributed by atoms with Crippen LogP contribution in [0.4, 0.5) is 0 Å². The summed E-state index contributed by atoms with van der Waals surface area (Å²) in [6.45, 7) is 0.362. The van der Waals surface area contributed by atoms with Gasteiger partial charge in [-0.3, -0.25) is 9.59 Å². The van der Waals surface area contributed by atoms with Gasteiger partial charge in [0, 0.05) is 11.4 Å². The first-order chi connectivity index (χ1) is 7.61. The van der Waals surface area contributed by atoms with Gasteiger partial charge in [0.25, 0.3) is 0 Å². The van der Waals surface area contributed by atoms with Gasteiger partial charge in [-0.1, -0.05) is 12.1 Å². The molecule has 1 rings (SSSR count). The largest absolute Gasteiger partial charge is 0.481 e. The van der Waals surface area contributed by atoms with Gasteiger partial charge < -0.3 is 10.4 Å². The van der Waals surface area contributed by atoms with E-state index in [2.05, 4.69) is 5.32 Å². The van der Waals surface area contributed by atoms with E-state index in [1.807, 2.05) is 30.5 Å². The Morgan fingerprint density at radius 3 is 2.44 bits per heavy atom. The number of aliphatic carboxylic acids is 1. The summed E-state index contributed by atoms with van der Waals surface area (Å²) in [7, 11) is 0. The molecule has 0 unspecified atom stereocenters. The van der Waals surface area contributed by atoms with E-state index in [0.717, 1.165) is 10.5 Å². The molecule has 0 bridgehead atoms. The molecule has 0 fully saturated rings. The van der Waals surface area contributed by atoms with E-state index in [0.29, 0.717) is 6.54 Å². The third kappa shape index (κ3) is 4.35. The molecular weight excluding hydrogens is 226 g/mol. The number of rotatable bonds is 5. The maximum absolute atomic E-state index is 11.1. The summed E-state index contributed by atoms with van der Waals surface area (Å²) in [5.41, 5.74) is 0.955. The van der Waals surface area contributed by atoms with Crippen LogP contribution in [-0.2, 0) is 16.1 Å². The van der Waals surface area contributed by atoms with Crippen molar-refractivity contribution in [2.24, 2.45) is 0 Å². The molecule has 0 aliphatic rings. The van der Waals surface area contributed by atoms with Crippen molar-refractivity contribution in [1.29, 1.82) is 0 Å². The zero-order chi connectivity index (χ0) is 12.0. The van der Waals surface area contributed by atoms with Gasteiger partial charge in [-0.05, 0) is 24.0 Å². The molecule has 1 aromatic rings. The zero-order valence-corrected chi connectivity index (χ0v) is 9.71. The second kappa shape index (κ2) is 6.17. The van der Waals surface area contributed by atoms with Crippen LogP contribution in [0.2, 0.25) is 0 Å². The van der Waals surface area contributed by atoms with Crippen LogP contribution in [0.25, 0.3) is 0 Å². The van der Waals surface area contributed by atoms with Crippen molar-refractivity contribution in [3.05, 3.63) is 29.8 Å². The van der Waals surface area contributed by atoms with Crippen molar-refractivity contribution in [2.75, 3.05) is 6.26 Å². The van der Waals surface area contributed by atoms with Gasteiger partial charge in [0.15, 0.2) is 0 Å². The number of benzene rings is 1. The van der Waals surface area contributed by atoms with Crippen LogP contribution >= 0.6 is 11.8 Å². The van der Waals surface area contributed by atoms with Crippen molar-refractivity contribution < 1.29 is 14.7 Å². The third-order valence-corrected chi connectivity index (χ3v) is 2.70. The average molecular weight is 239 g/mol. The highest BCUT2D eigenvalue weighted by Gasteiger charge is 2.06. The van der Waals surface area contributed by atoms with Gasteiger partial charge in [-0.2, -0.15) is 0 Å². The second-order valence-corrected chi connectivity index (χ2v) is 4.07. The Morgan fingerprint density at radius 1 is 1.31 bits per heavy atom. The normalized spacial score (nSPS) is 9.81. The van der Waals surface area contributed by atoms with Gasteiger partial charge in [-0.25, -0.2) is 0 Å². The maximum atomic E-state index is 11.1. The Morgan fingerprint density at radius 2 is 1.94 bits per heavy atom. The number of hydrogen-bond acceptors (Lipinski definition) is 3. The molecule has 0 heterocycles. The van der Waals surface area contributed by atoms with Crippen LogP contribution in [0.1, 0.15) is 12.0 Å². The van der Waals surface area contributed by atoms with E-state index in [9.17, 15) is 9.59 Å². The van der Waals surface area contributed by atoms with Crippen LogP contribution < -0.4 is 5.32 Å². The minimum atomic E-state index is -1.12. The number of carbonyl (C=O) groups is 2. The molecular formula is C11H13NO3S. The maximum Gasteiger partial charge on any atom is 0.312 e. The number of hydrogen-bond donors (Lipinski definition) is 2. The summed E-state index contributed by atoms with van der Waals surface area (Å²) in [5.74, 6) is -1.59. The predicted molar refractivity (Wildman–Crippen MR) is 62.3 cm³/mol.